The van der Waals surface area contributed by atoms with Crippen LogP contribution >= 0.6 is 15.9 Å². The molecule has 3 heteroatoms. The number of halogens is 1. The predicted molar refractivity (Wildman–Crippen MR) is 43.0 cm³/mol. The number of hydrogen-bond donors (Lipinski definition) is 0. The molecule has 0 aromatic carbocycles. The Kier molecular flexibility index (Phi) is 2.49. The van der Waals surface area contributed by atoms with E-state index >= 15 is 0 Å². The Morgan fingerprint density at radius 2 is 2.10 bits per heavy atom. The van der Waals surface area contributed by atoms with Crippen molar-refractivity contribution in [1.29, 1.82) is 0 Å². The second-order valence-electron chi connectivity index (χ2n) is 2.04. The highest BCUT2D eigenvalue weighted by Crippen LogP contribution is 2.16. The molecule has 0 bridgehead atoms. The van der Waals surface area contributed by atoms with Crippen molar-refractivity contribution >= 4 is 15.9 Å². The van der Waals surface area contributed by atoms with Crippen LogP contribution in [0, 0.1) is 0 Å². The summed E-state index contributed by atoms with van der Waals surface area (Å²) in [7, 11) is 0. The number of aromatic nitrogens is 1. The molecule has 0 saturated carbocycles. The first-order valence-corrected chi connectivity index (χ1v) is 4.21. The molecule has 0 N–H and O–H groups in total. The van der Waals surface area contributed by atoms with E-state index in [0.29, 0.717) is 4.80 Å². The Hall–Kier alpha value is -0.310. The molecule has 0 spiro atoms. The van der Waals surface area contributed by atoms with Crippen LogP contribution < -0.4 is 0 Å². The normalized spacial score (nSPS) is 10.3. The summed E-state index contributed by atoms with van der Waals surface area (Å²) in [6, 6.07) is 0. The lowest BCUT2D eigenvalue weighted by Gasteiger charge is -1.89. The van der Waals surface area contributed by atoms with E-state index in [1.165, 1.54) is 0 Å². The van der Waals surface area contributed by atoms with E-state index in [2.05, 4.69) is 34.8 Å². The van der Waals surface area contributed by atoms with Gasteiger partial charge in [0.1, 0.15) is 5.76 Å². The highest BCUT2D eigenvalue weighted by Gasteiger charge is 2.06. The highest BCUT2D eigenvalue weighted by atomic mass is 79.9. The average molecular weight is 204 g/mol. The first kappa shape index (κ1) is 7.79. The molecule has 0 amide bonds. The average Bonchev–Trinajstić information content (AvgIpc) is 2.30. The quantitative estimate of drug-likeness (QED) is 0.739. The molecule has 1 rings (SSSR count). The van der Waals surface area contributed by atoms with Gasteiger partial charge in [-0.3, -0.25) is 0 Å². The molecule has 10 heavy (non-hydrogen) atoms. The van der Waals surface area contributed by atoms with E-state index in [1.54, 1.807) is 0 Å². The van der Waals surface area contributed by atoms with Crippen molar-refractivity contribution in [3.05, 3.63) is 16.3 Å². The highest BCUT2D eigenvalue weighted by molar-refractivity contribution is 9.10. The molecule has 0 atom stereocenters. The van der Waals surface area contributed by atoms with Crippen LogP contribution in [0.25, 0.3) is 0 Å². The van der Waals surface area contributed by atoms with E-state index in [9.17, 15) is 0 Å². The maximum Gasteiger partial charge on any atom is 0.264 e. The maximum absolute atomic E-state index is 5.26. The first-order chi connectivity index (χ1) is 4.77. The van der Waals surface area contributed by atoms with Crippen molar-refractivity contribution in [3.8, 4) is 0 Å². The van der Waals surface area contributed by atoms with Crippen LogP contribution in [-0.4, -0.2) is 4.98 Å². The third kappa shape index (κ3) is 1.40. The lowest BCUT2D eigenvalue weighted by molar-refractivity contribution is 0.483. The SMILES string of the molecule is CCc1nc(Br)oc1CC. The Bertz CT molecular complexity index is 198. The smallest absolute Gasteiger partial charge is 0.264 e. The number of rotatable bonds is 2. The van der Waals surface area contributed by atoms with Crippen LogP contribution in [0.5, 0.6) is 0 Å². The molecule has 1 aromatic rings. The van der Waals surface area contributed by atoms with Gasteiger partial charge in [-0.1, -0.05) is 13.8 Å². The zero-order chi connectivity index (χ0) is 7.56. The van der Waals surface area contributed by atoms with Gasteiger partial charge in [-0.05, 0) is 6.42 Å². The number of aryl methyl sites for hydroxylation is 2. The third-order valence-corrected chi connectivity index (χ3v) is 1.75. The molecule has 0 saturated heterocycles. The van der Waals surface area contributed by atoms with Gasteiger partial charge in [-0.15, -0.1) is 0 Å². The van der Waals surface area contributed by atoms with Gasteiger partial charge in [-0.2, -0.15) is 0 Å². The first-order valence-electron chi connectivity index (χ1n) is 3.42. The zero-order valence-electron chi connectivity index (χ0n) is 6.15. The maximum atomic E-state index is 5.26. The topological polar surface area (TPSA) is 26.0 Å². The van der Waals surface area contributed by atoms with E-state index < -0.39 is 0 Å². The summed E-state index contributed by atoms with van der Waals surface area (Å²) in [5.74, 6) is 0.995. The Morgan fingerprint density at radius 3 is 2.50 bits per heavy atom. The summed E-state index contributed by atoms with van der Waals surface area (Å²) < 4.78 is 5.26. The number of oxazole rings is 1. The van der Waals surface area contributed by atoms with Crippen LogP contribution in [0.4, 0.5) is 0 Å². The molecule has 0 aliphatic rings. The van der Waals surface area contributed by atoms with E-state index in [0.717, 1.165) is 24.3 Å². The largest absolute Gasteiger partial charge is 0.436 e. The molecule has 0 aliphatic carbocycles. The van der Waals surface area contributed by atoms with Gasteiger partial charge in [-0.25, -0.2) is 4.98 Å². The Morgan fingerprint density at radius 1 is 1.40 bits per heavy atom. The van der Waals surface area contributed by atoms with Gasteiger partial charge in [0.2, 0.25) is 0 Å². The summed E-state index contributed by atoms with van der Waals surface area (Å²) in [5, 5.41) is 0. The fourth-order valence-electron chi connectivity index (χ4n) is 0.904. The van der Waals surface area contributed by atoms with E-state index in [1.807, 2.05) is 0 Å². The zero-order valence-corrected chi connectivity index (χ0v) is 7.73. The molecule has 0 radical (unpaired) electrons. The van der Waals surface area contributed by atoms with E-state index in [4.69, 9.17) is 4.42 Å². The van der Waals surface area contributed by atoms with Crippen LogP contribution in [0.1, 0.15) is 25.3 Å². The minimum Gasteiger partial charge on any atom is -0.436 e. The van der Waals surface area contributed by atoms with Crippen molar-refractivity contribution in [1.82, 2.24) is 4.98 Å². The van der Waals surface area contributed by atoms with Gasteiger partial charge in [0.15, 0.2) is 0 Å². The van der Waals surface area contributed by atoms with Crippen molar-refractivity contribution in [2.75, 3.05) is 0 Å². The van der Waals surface area contributed by atoms with Gasteiger partial charge in [0, 0.05) is 22.4 Å². The summed E-state index contributed by atoms with van der Waals surface area (Å²) in [5.41, 5.74) is 1.06. The second-order valence-corrected chi connectivity index (χ2v) is 2.72. The summed E-state index contributed by atoms with van der Waals surface area (Å²) in [6.07, 6.45) is 1.86. The van der Waals surface area contributed by atoms with Crippen LogP contribution in [-0.2, 0) is 12.8 Å². The van der Waals surface area contributed by atoms with Crippen molar-refractivity contribution < 1.29 is 4.42 Å². The predicted octanol–water partition coefficient (Wildman–Crippen LogP) is 2.56. The fraction of sp³-hybridized carbons (Fsp3) is 0.571. The summed E-state index contributed by atoms with van der Waals surface area (Å²) in [6.45, 7) is 4.13. The second kappa shape index (κ2) is 3.19. The Balaban J connectivity index is 2.96. The molecular formula is C7H10BrNO. The minimum absolute atomic E-state index is 0.598. The van der Waals surface area contributed by atoms with Crippen molar-refractivity contribution in [2.45, 2.75) is 26.7 Å². The van der Waals surface area contributed by atoms with Crippen LogP contribution in [0.3, 0.4) is 0 Å². The monoisotopic (exact) mass is 203 g/mol. The number of hydrogen-bond acceptors (Lipinski definition) is 2. The molecule has 0 unspecified atom stereocenters. The summed E-state index contributed by atoms with van der Waals surface area (Å²) >= 11 is 3.19. The van der Waals surface area contributed by atoms with Gasteiger partial charge >= 0.3 is 0 Å². The van der Waals surface area contributed by atoms with Gasteiger partial charge < -0.3 is 4.42 Å². The minimum atomic E-state index is 0.598. The van der Waals surface area contributed by atoms with Crippen molar-refractivity contribution in [2.24, 2.45) is 0 Å². The van der Waals surface area contributed by atoms with Crippen LogP contribution in [0.2, 0.25) is 0 Å². The molecule has 0 aliphatic heterocycles. The lowest BCUT2D eigenvalue weighted by atomic mass is 10.2. The van der Waals surface area contributed by atoms with Gasteiger partial charge in [0.05, 0.1) is 5.69 Å². The lowest BCUT2D eigenvalue weighted by Crippen LogP contribution is -1.85. The van der Waals surface area contributed by atoms with E-state index in [-0.39, 0.29) is 0 Å². The fourth-order valence-corrected chi connectivity index (χ4v) is 1.31. The summed E-state index contributed by atoms with van der Waals surface area (Å²) in [4.78, 5) is 4.75. The van der Waals surface area contributed by atoms with Gasteiger partial charge in [0.25, 0.3) is 4.80 Å². The molecule has 1 heterocycles. The molecule has 56 valence electrons. The Labute approximate surface area is 68.8 Å². The molecular weight excluding hydrogens is 194 g/mol. The third-order valence-electron chi connectivity index (χ3n) is 1.41. The molecule has 0 fully saturated rings. The standard InChI is InChI=1S/C7H10BrNO/c1-3-5-6(4-2)10-7(8)9-5/h3-4H2,1-2H3. The molecule has 1 aromatic heterocycles. The van der Waals surface area contributed by atoms with Crippen LogP contribution in [0.15, 0.2) is 9.22 Å². The number of nitrogens with zero attached hydrogens (tertiary/aromatic N) is 1. The van der Waals surface area contributed by atoms with Crippen molar-refractivity contribution in [3.63, 3.8) is 0 Å². The molecule has 2 nitrogen and oxygen atoms in total.